The Balaban J connectivity index is 2.42. The van der Waals surface area contributed by atoms with Crippen LogP contribution in [0.3, 0.4) is 0 Å². The highest BCUT2D eigenvalue weighted by atomic mass is 35.5. The summed E-state index contributed by atoms with van der Waals surface area (Å²) in [4.78, 5) is 11.2. The number of aromatic nitrogens is 2. The minimum Gasteiger partial charge on any atom is -0.292 e. The van der Waals surface area contributed by atoms with Crippen LogP contribution >= 0.6 is 11.6 Å². The molecule has 1 aromatic heterocycles. The van der Waals surface area contributed by atoms with E-state index in [9.17, 15) is 18.0 Å². The fraction of sp³-hybridized carbons (Fsp3) is 0.100. The lowest BCUT2D eigenvalue weighted by atomic mass is 10.3. The summed E-state index contributed by atoms with van der Waals surface area (Å²) >= 11 is 5.76. The van der Waals surface area contributed by atoms with Crippen LogP contribution in [0.4, 0.5) is 24.5 Å². The molecule has 2 aromatic rings. The molecule has 1 heterocycles. The smallest absolute Gasteiger partial charge is 0.292 e. The molecule has 19 heavy (non-hydrogen) atoms. The Morgan fingerprint density at radius 3 is 2.42 bits per heavy atom. The fourth-order valence-electron chi connectivity index (χ4n) is 1.29. The summed E-state index contributed by atoms with van der Waals surface area (Å²) in [6, 6.07) is 6.18. The van der Waals surface area contributed by atoms with E-state index in [0.717, 1.165) is 0 Å². The largest absolute Gasteiger partial charge is 0.435 e. The predicted octanol–water partition coefficient (Wildman–Crippen LogP) is 3.79. The molecule has 0 aliphatic heterocycles. The highest BCUT2D eigenvalue weighted by Crippen LogP contribution is 2.33. The van der Waals surface area contributed by atoms with Gasteiger partial charge in [-0.05, 0) is 12.1 Å². The Kier molecular flexibility index (Phi) is 3.43. The summed E-state index contributed by atoms with van der Waals surface area (Å²) in [5.41, 5.74) is -2.97. The van der Waals surface area contributed by atoms with E-state index in [0.29, 0.717) is 0 Å². The topological polar surface area (TPSA) is 73.4 Å². The number of nitrogens with one attached hydrogen (secondary N) is 2. The number of nitrogens with zero attached hydrogens (tertiary/aromatic N) is 2. The Hall–Kier alpha value is -2.09. The molecule has 5 nitrogen and oxygen atoms in total. The van der Waals surface area contributed by atoms with Crippen LogP contribution in [0.1, 0.15) is 5.69 Å². The van der Waals surface area contributed by atoms with E-state index in [4.69, 9.17) is 11.6 Å². The van der Waals surface area contributed by atoms with Crippen LogP contribution in [0.5, 0.6) is 0 Å². The van der Waals surface area contributed by atoms with Gasteiger partial charge in [0.2, 0.25) is 0 Å². The van der Waals surface area contributed by atoms with Gasteiger partial charge in [-0.2, -0.15) is 13.2 Å². The van der Waals surface area contributed by atoms with Crippen LogP contribution in [0.15, 0.2) is 39.3 Å². The van der Waals surface area contributed by atoms with Crippen LogP contribution in [0.2, 0.25) is 5.02 Å². The first-order valence-corrected chi connectivity index (χ1v) is 5.31. The molecular weight excluding hydrogens is 285 g/mol. The molecule has 2 N–H and O–H groups in total. The van der Waals surface area contributed by atoms with E-state index >= 15 is 0 Å². The lowest BCUT2D eigenvalue weighted by Gasteiger charge is -2.02. The number of H-pyrrole nitrogens is 2. The van der Waals surface area contributed by atoms with Crippen LogP contribution in [0.25, 0.3) is 0 Å². The molecule has 0 atom stereocenters. The number of halogens is 4. The summed E-state index contributed by atoms with van der Waals surface area (Å²) in [5.74, 6) is 0. The van der Waals surface area contributed by atoms with Crippen molar-refractivity contribution in [3.8, 4) is 0 Å². The lowest BCUT2D eigenvalue weighted by molar-refractivity contribution is -0.140. The number of alkyl halides is 3. The van der Waals surface area contributed by atoms with E-state index in [-0.39, 0.29) is 10.7 Å². The highest BCUT2D eigenvalue weighted by molar-refractivity contribution is 6.32. The lowest BCUT2D eigenvalue weighted by Crippen LogP contribution is -2.06. The first kappa shape index (κ1) is 13.3. The standard InChI is InChI=1S/C10H6ClF3N4O/c11-5-3-1-2-4-6(5)15-16-7-8(10(12,13)14)17-18-9(7)19/h1-4H,(H2,17,18,19). The Labute approximate surface area is 109 Å². The van der Waals surface area contributed by atoms with Gasteiger partial charge >= 0.3 is 6.18 Å². The molecule has 0 saturated carbocycles. The highest BCUT2D eigenvalue weighted by Gasteiger charge is 2.37. The monoisotopic (exact) mass is 290 g/mol. The fourth-order valence-corrected chi connectivity index (χ4v) is 1.46. The Morgan fingerprint density at radius 1 is 1.11 bits per heavy atom. The molecule has 0 aliphatic rings. The third-order valence-electron chi connectivity index (χ3n) is 2.15. The molecule has 0 unspecified atom stereocenters. The minimum absolute atomic E-state index is 0.165. The molecule has 0 fully saturated rings. The minimum atomic E-state index is -4.73. The van der Waals surface area contributed by atoms with Gasteiger partial charge in [-0.3, -0.25) is 15.0 Å². The van der Waals surface area contributed by atoms with Gasteiger partial charge in [0.25, 0.3) is 5.56 Å². The molecule has 100 valence electrons. The van der Waals surface area contributed by atoms with Gasteiger partial charge in [-0.25, -0.2) is 0 Å². The van der Waals surface area contributed by atoms with Crippen molar-refractivity contribution in [2.45, 2.75) is 6.18 Å². The molecule has 0 saturated heterocycles. The Morgan fingerprint density at radius 2 is 1.79 bits per heavy atom. The van der Waals surface area contributed by atoms with Gasteiger partial charge < -0.3 is 0 Å². The maximum Gasteiger partial charge on any atom is 0.435 e. The van der Waals surface area contributed by atoms with Crippen LogP contribution in [-0.4, -0.2) is 10.2 Å². The van der Waals surface area contributed by atoms with Gasteiger partial charge in [0.15, 0.2) is 11.4 Å². The molecule has 0 spiro atoms. The molecule has 0 amide bonds. The third kappa shape index (κ3) is 2.84. The second kappa shape index (κ2) is 4.88. The maximum atomic E-state index is 12.5. The number of azo groups is 1. The van der Waals surface area contributed by atoms with Crippen molar-refractivity contribution in [2.75, 3.05) is 0 Å². The van der Waals surface area contributed by atoms with E-state index in [1.165, 1.54) is 12.1 Å². The molecule has 2 rings (SSSR count). The summed E-state index contributed by atoms with van der Waals surface area (Å²) in [7, 11) is 0. The van der Waals surface area contributed by atoms with E-state index in [1.54, 1.807) is 17.2 Å². The van der Waals surface area contributed by atoms with Crippen LogP contribution in [0, 0.1) is 0 Å². The van der Waals surface area contributed by atoms with E-state index < -0.39 is 23.1 Å². The van der Waals surface area contributed by atoms with Gasteiger partial charge in [0.1, 0.15) is 5.69 Å². The molecular formula is C10H6ClF3N4O. The van der Waals surface area contributed by atoms with Gasteiger partial charge in [-0.1, -0.05) is 23.7 Å². The molecule has 0 bridgehead atoms. The van der Waals surface area contributed by atoms with Gasteiger partial charge in [0.05, 0.1) is 5.02 Å². The van der Waals surface area contributed by atoms with Crippen molar-refractivity contribution in [1.82, 2.24) is 10.2 Å². The number of benzene rings is 1. The van der Waals surface area contributed by atoms with Gasteiger partial charge in [0, 0.05) is 0 Å². The average Bonchev–Trinajstić information content (AvgIpc) is 2.69. The Bertz CT molecular complexity index is 674. The first-order valence-electron chi connectivity index (χ1n) is 4.93. The summed E-state index contributed by atoms with van der Waals surface area (Å²) in [6.45, 7) is 0. The normalized spacial score (nSPS) is 12.2. The maximum absolute atomic E-state index is 12.5. The summed E-state index contributed by atoms with van der Waals surface area (Å²) in [6.07, 6.45) is -4.73. The zero-order valence-corrected chi connectivity index (χ0v) is 9.88. The number of aromatic amines is 2. The van der Waals surface area contributed by atoms with Crippen molar-refractivity contribution in [3.05, 3.63) is 45.3 Å². The number of hydrogen-bond donors (Lipinski definition) is 2. The zero-order valence-electron chi connectivity index (χ0n) is 9.12. The second-order valence-electron chi connectivity index (χ2n) is 3.45. The molecule has 9 heteroatoms. The van der Waals surface area contributed by atoms with Crippen molar-refractivity contribution < 1.29 is 13.2 Å². The van der Waals surface area contributed by atoms with Crippen LogP contribution in [-0.2, 0) is 6.18 Å². The van der Waals surface area contributed by atoms with Crippen molar-refractivity contribution in [2.24, 2.45) is 10.2 Å². The first-order chi connectivity index (χ1) is 8.89. The average molecular weight is 291 g/mol. The SMILES string of the molecule is O=c1[nH][nH]c(C(F)(F)F)c1N=Nc1ccccc1Cl. The van der Waals surface area contributed by atoms with E-state index in [2.05, 4.69) is 10.2 Å². The quantitative estimate of drug-likeness (QED) is 0.811. The van der Waals surface area contributed by atoms with Crippen molar-refractivity contribution >= 4 is 23.0 Å². The molecule has 0 aliphatic carbocycles. The molecule has 1 aromatic carbocycles. The molecule has 0 radical (unpaired) electrons. The van der Waals surface area contributed by atoms with Crippen molar-refractivity contribution in [3.63, 3.8) is 0 Å². The van der Waals surface area contributed by atoms with Gasteiger partial charge in [-0.15, -0.1) is 10.2 Å². The van der Waals surface area contributed by atoms with Crippen LogP contribution < -0.4 is 5.56 Å². The van der Waals surface area contributed by atoms with E-state index in [1.807, 2.05) is 5.10 Å². The summed E-state index contributed by atoms with van der Waals surface area (Å²) in [5, 5.41) is 10.6. The number of rotatable bonds is 2. The number of hydrogen-bond acceptors (Lipinski definition) is 3. The predicted molar refractivity (Wildman–Crippen MR) is 62.0 cm³/mol. The second-order valence-corrected chi connectivity index (χ2v) is 3.86. The zero-order chi connectivity index (χ0) is 14.0. The third-order valence-corrected chi connectivity index (χ3v) is 2.47. The summed E-state index contributed by atoms with van der Waals surface area (Å²) < 4.78 is 37.6. The van der Waals surface area contributed by atoms with Crippen molar-refractivity contribution in [1.29, 1.82) is 0 Å².